The Hall–Kier alpha value is -2.50. The van der Waals surface area contributed by atoms with Crippen LogP contribution in [0.3, 0.4) is 0 Å². The Morgan fingerprint density at radius 1 is 1.19 bits per heavy atom. The molecule has 0 radical (unpaired) electrons. The topological polar surface area (TPSA) is 46.5 Å². The molecule has 0 aromatic heterocycles. The van der Waals surface area contributed by atoms with Gasteiger partial charge in [0, 0.05) is 12.5 Å². The van der Waals surface area contributed by atoms with Crippen LogP contribution in [-0.4, -0.2) is 17.2 Å². The van der Waals surface area contributed by atoms with Crippen molar-refractivity contribution in [2.45, 2.75) is 13.0 Å². The lowest BCUT2D eigenvalue weighted by atomic mass is 10.0. The second-order valence-corrected chi connectivity index (χ2v) is 4.44. The van der Waals surface area contributed by atoms with Crippen LogP contribution in [0.1, 0.15) is 17.3 Å². The Balaban J connectivity index is 2.56. The van der Waals surface area contributed by atoms with Gasteiger partial charge in [-0.1, -0.05) is 12.1 Å². The average Bonchev–Trinajstić information content (AvgIpc) is 2.36. The number of rotatable bonds is 4. The van der Waals surface area contributed by atoms with Crippen molar-refractivity contribution in [3.63, 3.8) is 0 Å². The molecule has 6 heteroatoms. The van der Waals surface area contributed by atoms with Crippen LogP contribution in [0.5, 0.6) is 5.75 Å². The van der Waals surface area contributed by atoms with Gasteiger partial charge in [-0.3, -0.25) is 0 Å². The minimum absolute atomic E-state index is 0.182. The van der Waals surface area contributed by atoms with Gasteiger partial charge in [0.25, 0.3) is 0 Å². The molecule has 0 aliphatic heterocycles. The highest BCUT2D eigenvalue weighted by atomic mass is 19.3. The molecule has 0 spiro atoms. The van der Waals surface area contributed by atoms with Gasteiger partial charge in [0.1, 0.15) is 11.6 Å². The number of benzene rings is 2. The minimum Gasteiger partial charge on any atom is -0.478 e. The van der Waals surface area contributed by atoms with Gasteiger partial charge in [-0.25, -0.2) is 9.18 Å². The lowest BCUT2D eigenvalue weighted by molar-refractivity contribution is -0.158. The lowest BCUT2D eigenvalue weighted by Gasteiger charge is -2.17. The van der Waals surface area contributed by atoms with Crippen molar-refractivity contribution in [3.8, 4) is 16.9 Å². The van der Waals surface area contributed by atoms with Crippen LogP contribution in [0, 0.1) is 5.82 Å². The molecule has 0 heterocycles. The highest BCUT2D eigenvalue weighted by molar-refractivity contribution is 5.89. The number of hydrogen-bond acceptors (Lipinski definition) is 2. The predicted octanol–water partition coefficient (Wildman–Crippen LogP) is 4.18. The first kappa shape index (κ1) is 14.9. The maximum Gasteiger partial charge on any atom is 0.394 e. The summed E-state index contributed by atoms with van der Waals surface area (Å²) in [5.74, 6) is -2.14. The molecule has 0 atom stereocenters. The van der Waals surface area contributed by atoms with Crippen LogP contribution in [0.15, 0.2) is 42.5 Å². The summed E-state index contributed by atoms with van der Waals surface area (Å²) in [6.45, 7) is 0.537. The Bertz CT molecular complexity index is 678. The first-order valence-electron chi connectivity index (χ1n) is 5.96. The van der Waals surface area contributed by atoms with Crippen molar-refractivity contribution >= 4 is 5.97 Å². The van der Waals surface area contributed by atoms with Crippen LogP contribution in [0.2, 0.25) is 0 Å². The third-order valence-electron chi connectivity index (χ3n) is 2.65. The summed E-state index contributed by atoms with van der Waals surface area (Å²) in [7, 11) is 0. The number of carbonyl (C=O) groups is 1. The standard InChI is InChI=1S/C15H11F3O3/c1-15(17,18)21-13-8-10(14(19)20)5-6-12(13)9-3-2-4-11(16)7-9/h2-8H,1H3,(H,19,20). The molecule has 110 valence electrons. The molecule has 2 rings (SSSR count). The maximum absolute atomic E-state index is 13.2. The van der Waals surface area contributed by atoms with Crippen LogP contribution >= 0.6 is 0 Å². The highest BCUT2D eigenvalue weighted by Crippen LogP contribution is 2.34. The maximum atomic E-state index is 13.2. The van der Waals surface area contributed by atoms with E-state index in [0.29, 0.717) is 12.5 Å². The summed E-state index contributed by atoms with van der Waals surface area (Å²) in [5.41, 5.74) is 0.293. The van der Waals surface area contributed by atoms with Crippen molar-refractivity contribution < 1.29 is 27.8 Å². The van der Waals surface area contributed by atoms with E-state index in [1.807, 2.05) is 0 Å². The highest BCUT2D eigenvalue weighted by Gasteiger charge is 2.25. The quantitative estimate of drug-likeness (QED) is 0.920. The molecule has 0 aliphatic rings. The van der Waals surface area contributed by atoms with E-state index >= 15 is 0 Å². The smallest absolute Gasteiger partial charge is 0.394 e. The van der Waals surface area contributed by atoms with Crippen LogP contribution in [0.25, 0.3) is 11.1 Å². The molecule has 0 saturated heterocycles. The molecule has 2 aromatic carbocycles. The fourth-order valence-electron chi connectivity index (χ4n) is 1.83. The van der Waals surface area contributed by atoms with Gasteiger partial charge < -0.3 is 9.84 Å². The number of carboxylic acid groups (broad SMARTS) is 1. The summed E-state index contributed by atoms with van der Waals surface area (Å²) < 4.78 is 43.9. The Morgan fingerprint density at radius 3 is 2.48 bits per heavy atom. The molecule has 21 heavy (non-hydrogen) atoms. The second-order valence-electron chi connectivity index (χ2n) is 4.44. The number of alkyl halides is 2. The first-order valence-corrected chi connectivity index (χ1v) is 5.96. The van der Waals surface area contributed by atoms with Crippen LogP contribution in [-0.2, 0) is 0 Å². The van der Waals surface area contributed by atoms with Crippen molar-refractivity contribution in [2.24, 2.45) is 0 Å². The minimum atomic E-state index is -3.49. The Labute approximate surface area is 118 Å². The zero-order valence-electron chi connectivity index (χ0n) is 10.9. The van der Waals surface area contributed by atoms with E-state index in [0.717, 1.165) is 12.1 Å². The largest absolute Gasteiger partial charge is 0.478 e. The number of ether oxygens (including phenoxy) is 1. The molecule has 1 N–H and O–H groups in total. The van der Waals surface area contributed by atoms with Gasteiger partial charge in [0.15, 0.2) is 0 Å². The molecule has 0 amide bonds. The number of hydrogen-bond donors (Lipinski definition) is 1. The lowest BCUT2D eigenvalue weighted by Crippen LogP contribution is -2.19. The molecule has 3 nitrogen and oxygen atoms in total. The third-order valence-corrected chi connectivity index (χ3v) is 2.65. The van der Waals surface area contributed by atoms with E-state index in [1.54, 1.807) is 0 Å². The van der Waals surface area contributed by atoms with E-state index in [2.05, 4.69) is 4.74 Å². The fraction of sp³-hybridized carbons (Fsp3) is 0.133. The van der Waals surface area contributed by atoms with E-state index in [-0.39, 0.29) is 16.9 Å². The number of carboxylic acids is 1. The Morgan fingerprint density at radius 2 is 1.90 bits per heavy atom. The van der Waals surface area contributed by atoms with Gasteiger partial charge in [-0.05, 0) is 35.9 Å². The van der Waals surface area contributed by atoms with Gasteiger partial charge in [-0.15, -0.1) is 0 Å². The van der Waals surface area contributed by atoms with Gasteiger partial charge >= 0.3 is 12.1 Å². The van der Waals surface area contributed by atoms with Crippen molar-refractivity contribution in [2.75, 3.05) is 0 Å². The summed E-state index contributed by atoms with van der Waals surface area (Å²) in [4.78, 5) is 10.9. The number of halogens is 3. The van der Waals surface area contributed by atoms with E-state index in [4.69, 9.17) is 5.11 Å². The average molecular weight is 296 g/mol. The van der Waals surface area contributed by atoms with Crippen LogP contribution < -0.4 is 4.74 Å². The van der Waals surface area contributed by atoms with Crippen LogP contribution in [0.4, 0.5) is 13.2 Å². The molecule has 2 aromatic rings. The first-order chi connectivity index (χ1) is 9.76. The molecule has 0 saturated carbocycles. The van der Waals surface area contributed by atoms with Gasteiger partial charge in [0.05, 0.1) is 5.56 Å². The fourth-order valence-corrected chi connectivity index (χ4v) is 1.83. The van der Waals surface area contributed by atoms with Gasteiger partial charge in [0.2, 0.25) is 0 Å². The zero-order valence-corrected chi connectivity index (χ0v) is 10.9. The second kappa shape index (κ2) is 5.47. The number of aromatic carboxylic acids is 1. The molecular formula is C15H11F3O3. The van der Waals surface area contributed by atoms with E-state index in [1.165, 1.54) is 30.3 Å². The molecular weight excluding hydrogens is 285 g/mol. The van der Waals surface area contributed by atoms with E-state index < -0.39 is 17.9 Å². The van der Waals surface area contributed by atoms with Crippen molar-refractivity contribution in [1.29, 1.82) is 0 Å². The predicted molar refractivity (Wildman–Crippen MR) is 70.0 cm³/mol. The summed E-state index contributed by atoms with van der Waals surface area (Å²) in [6, 6.07) is 8.83. The van der Waals surface area contributed by atoms with E-state index in [9.17, 15) is 18.0 Å². The van der Waals surface area contributed by atoms with Gasteiger partial charge in [-0.2, -0.15) is 8.78 Å². The normalized spacial score (nSPS) is 11.2. The monoisotopic (exact) mass is 296 g/mol. The molecule has 0 unspecified atom stereocenters. The van der Waals surface area contributed by atoms with Crippen molar-refractivity contribution in [1.82, 2.24) is 0 Å². The molecule has 0 fully saturated rings. The molecule has 0 bridgehead atoms. The molecule has 0 aliphatic carbocycles. The third kappa shape index (κ3) is 3.75. The van der Waals surface area contributed by atoms with Crippen molar-refractivity contribution in [3.05, 3.63) is 53.8 Å². The SMILES string of the molecule is CC(F)(F)Oc1cc(C(=O)O)ccc1-c1cccc(F)c1. The zero-order chi connectivity index (χ0) is 15.6. The summed E-state index contributed by atoms with van der Waals surface area (Å²) in [6.07, 6.45) is -3.49. The Kier molecular flexibility index (Phi) is 3.88. The summed E-state index contributed by atoms with van der Waals surface area (Å²) >= 11 is 0. The summed E-state index contributed by atoms with van der Waals surface area (Å²) in [5, 5.41) is 8.91.